The van der Waals surface area contributed by atoms with Crippen molar-refractivity contribution in [1.29, 1.82) is 0 Å². The molecule has 0 N–H and O–H groups in total. The third-order valence-corrected chi connectivity index (χ3v) is 5.89. The van der Waals surface area contributed by atoms with Gasteiger partial charge >= 0.3 is 0 Å². The molecule has 0 saturated heterocycles. The van der Waals surface area contributed by atoms with Crippen LogP contribution in [-0.2, 0) is 4.79 Å². The van der Waals surface area contributed by atoms with Gasteiger partial charge in [0, 0.05) is 34.6 Å². The number of rotatable bonds is 4. The van der Waals surface area contributed by atoms with Crippen molar-refractivity contribution in [3.05, 3.63) is 105 Å². The second-order valence-electron chi connectivity index (χ2n) is 7.54. The van der Waals surface area contributed by atoms with E-state index in [9.17, 15) is 14.9 Å². The highest BCUT2D eigenvalue weighted by Gasteiger charge is 2.12. The normalized spacial score (nSPS) is 10.9. The van der Waals surface area contributed by atoms with Crippen LogP contribution >= 0.6 is 11.8 Å². The molecule has 1 unspecified atom stereocenters. The molecule has 0 spiro atoms. The molecule has 0 amide bonds. The summed E-state index contributed by atoms with van der Waals surface area (Å²) in [4.78, 5) is 23.2. The van der Waals surface area contributed by atoms with Crippen molar-refractivity contribution in [1.82, 2.24) is 0 Å². The molecule has 0 aliphatic heterocycles. The number of carbonyl (C=O) groups excluding carboxylic acids is 1. The predicted molar refractivity (Wildman–Crippen MR) is 133 cm³/mol. The first-order chi connectivity index (χ1) is 15.9. The van der Waals surface area contributed by atoms with Crippen LogP contribution in [0, 0.1) is 33.8 Å². The molecule has 3 rings (SSSR count). The maximum Gasteiger partial charge on any atom is 0.286 e. The van der Waals surface area contributed by atoms with Crippen molar-refractivity contribution >= 4 is 22.6 Å². The van der Waals surface area contributed by atoms with E-state index in [1.54, 1.807) is 36.4 Å². The topological polar surface area (TPSA) is 60.2 Å². The third-order valence-electron chi connectivity index (χ3n) is 5.10. The predicted octanol–water partition coefficient (Wildman–Crippen LogP) is 6.55. The van der Waals surface area contributed by atoms with Crippen LogP contribution in [0.15, 0.2) is 71.6 Å². The first kappa shape index (κ1) is 23.9. The Balaban J connectivity index is 1.81. The molecule has 33 heavy (non-hydrogen) atoms. The molecule has 0 saturated carbocycles. The number of hydrogen-bond donors (Lipinski definition) is 0. The lowest BCUT2D eigenvalue weighted by molar-refractivity contribution is -0.385. The van der Waals surface area contributed by atoms with E-state index in [-0.39, 0.29) is 10.8 Å². The lowest BCUT2D eigenvalue weighted by Crippen LogP contribution is -1.93. The summed E-state index contributed by atoms with van der Waals surface area (Å²) in [6, 6.07) is 20.1. The summed E-state index contributed by atoms with van der Waals surface area (Å²) < 4.78 is 0. The number of nitro groups is 1. The summed E-state index contributed by atoms with van der Waals surface area (Å²) in [6.45, 7) is 5.85. The Bertz CT molecular complexity index is 1290. The monoisotopic (exact) mass is 453 g/mol. The molecule has 3 aromatic carbocycles. The van der Waals surface area contributed by atoms with Crippen molar-refractivity contribution in [3.63, 3.8) is 0 Å². The van der Waals surface area contributed by atoms with Gasteiger partial charge in [-0.25, -0.2) is 0 Å². The van der Waals surface area contributed by atoms with E-state index in [0.29, 0.717) is 22.6 Å². The summed E-state index contributed by atoms with van der Waals surface area (Å²) in [6.07, 6.45) is 1.08. The number of carbonyl (C=O) groups is 1. The standard InChI is InChI=1S/C28H23NO3S/c1-4-20(2)25-13-7-22(8-14-25)5-6-24-10-16-26(28(19-24)29(31)32)15-9-23-11-17-27(18-12-23)33-21(3)30/h7-8,10-14,16-20H,4H2,1-3H3. The molecule has 5 heteroatoms. The van der Waals surface area contributed by atoms with Gasteiger partial charge in [0.1, 0.15) is 5.56 Å². The first-order valence-corrected chi connectivity index (χ1v) is 11.4. The third kappa shape index (κ3) is 6.84. The molecule has 0 aromatic heterocycles. The Morgan fingerprint density at radius 1 is 0.909 bits per heavy atom. The molecule has 0 aliphatic carbocycles. The zero-order valence-corrected chi connectivity index (χ0v) is 19.5. The number of thioether (sulfide) groups is 1. The molecule has 0 heterocycles. The smallest absolute Gasteiger partial charge is 0.286 e. The Morgan fingerprint density at radius 3 is 2.03 bits per heavy atom. The zero-order valence-electron chi connectivity index (χ0n) is 18.7. The van der Waals surface area contributed by atoms with Gasteiger partial charge in [-0.15, -0.1) is 0 Å². The number of nitro benzene ring substituents is 1. The van der Waals surface area contributed by atoms with Crippen molar-refractivity contribution in [2.24, 2.45) is 0 Å². The van der Waals surface area contributed by atoms with E-state index in [1.165, 1.54) is 18.6 Å². The average molecular weight is 454 g/mol. The fourth-order valence-electron chi connectivity index (χ4n) is 3.05. The number of nitrogens with zero attached hydrogens (tertiary/aromatic N) is 1. The van der Waals surface area contributed by atoms with Crippen LogP contribution in [0.25, 0.3) is 0 Å². The minimum absolute atomic E-state index is 0.00996. The zero-order chi connectivity index (χ0) is 23.8. The van der Waals surface area contributed by atoms with E-state index in [1.807, 2.05) is 12.1 Å². The van der Waals surface area contributed by atoms with Gasteiger partial charge in [-0.3, -0.25) is 14.9 Å². The van der Waals surface area contributed by atoms with Gasteiger partial charge in [-0.2, -0.15) is 0 Å². The van der Waals surface area contributed by atoms with Crippen molar-refractivity contribution in [2.75, 3.05) is 0 Å². The van der Waals surface area contributed by atoms with E-state index in [2.05, 4.69) is 49.7 Å². The molecular formula is C28H23NO3S. The fraction of sp³-hybridized carbons (Fsp3) is 0.179. The van der Waals surface area contributed by atoms with E-state index in [0.717, 1.165) is 28.6 Å². The summed E-state index contributed by atoms with van der Waals surface area (Å²) in [5.74, 6) is 12.4. The quantitative estimate of drug-likeness (QED) is 0.195. The fourth-order valence-corrected chi connectivity index (χ4v) is 3.66. The molecule has 3 aromatic rings. The minimum Gasteiger partial charge on any atom is -0.287 e. The highest BCUT2D eigenvalue weighted by molar-refractivity contribution is 8.13. The molecule has 0 aliphatic rings. The van der Waals surface area contributed by atoms with Crippen molar-refractivity contribution in [2.45, 2.75) is 38.0 Å². The average Bonchev–Trinajstić information content (AvgIpc) is 2.82. The van der Waals surface area contributed by atoms with Crippen molar-refractivity contribution in [3.8, 4) is 23.7 Å². The van der Waals surface area contributed by atoms with E-state index >= 15 is 0 Å². The molecule has 0 bridgehead atoms. The number of benzene rings is 3. The highest BCUT2D eigenvalue weighted by atomic mass is 32.2. The second kappa shape index (κ2) is 11.2. The van der Waals surface area contributed by atoms with Crippen LogP contribution in [0.4, 0.5) is 5.69 Å². The second-order valence-corrected chi connectivity index (χ2v) is 8.79. The van der Waals surface area contributed by atoms with Gasteiger partial charge in [0.15, 0.2) is 5.12 Å². The van der Waals surface area contributed by atoms with Gasteiger partial charge in [0.25, 0.3) is 5.69 Å². The maximum atomic E-state index is 11.6. The van der Waals surface area contributed by atoms with Gasteiger partial charge < -0.3 is 0 Å². The van der Waals surface area contributed by atoms with Crippen LogP contribution in [0.2, 0.25) is 0 Å². The molecule has 1 atom stereocenters. The first-order valence-electron chi connectivity index (χ1n) is 10.6. The molecular weight excluding hydrogens is 430 g/mol. The Morgan fingerprint density at radius 2 is 1.45 bits per heavy atom. The SMILES string of the molecule is CCC(C)c1ccc(C#Cc2ccc(C#Cc3ccc(SC(C)=O)cc3)c([N+](=O)[O-])c2)cc1. The highest BCUT2D eigenvalue weighted by Crippen LogP contribution is 2.21. The van der Waals surface area contributed by atoms with Crippen LogP contribution < -0.4 is 0 Å². The van der Waals surface area contributed by atoms with Crippen LogP contribution in [0.5, 0.6) is 0 Å². The van der Waals surface area contributed by atoms with Gasteiger partial charge in [-0.1, -0.05) is 61.4 Å². The molecule has 4 nitrogen and oxygen atoms in total. The Hall–Kier alpha value is -3.80. The maximum absolute atomic E-state index is 11.6. The van der Waals surface area contributed by atoms with Gasteiger partial charge in [0.2, 0.25) is 0 Å². The molecule has 0 fully saturated rings. The summed E-state index contributed by atoms with van der Waals surface area (Å²) in [5.41, 5.74) is 3.65. The number of hydrogen-bond acceptors (Lipinski definition) is 4. The Kier molecular flexibility index (Phi) is 8.08. The summed E-state index contributed by atoms with van der Waals surface area (Å²) in [5, 5.41) is 11.6. The van der Waals surface area contributed by atoms with Crippen molar-refractivity contribution < 1.29 is 9.72 Å². The largest absolute Gasteiger partial charge is 0.287 e. The molecule has 164 valence electrons. The van der Waals surface area contributed by atoms with Crippen LogP contribution in [0.3, 0.4) is 0 Å². The minimum atomic E-state index is -0.442. The van der Waals surface area contributed by atoms with E-state index in [4.69, 9.17) is 0 Å². The van der Waals surface area contributed by atoms with E-state index < -0.39 is 4.92 Å². The lowest BCUT2D eigenvalue weighted by atomic mass is 9.98. The van der Waals surface area contributed by atoms with Crippen LogP contribution in [-0.4, -0.2) is 10.0 Å². The van der Waals surface area contributed by atoms with Gasteiger partial charge in [-0.05, 0) is 66.4 Å². The van der Waals surface area contributed by atoms with Gasteiger partial charge in [0.05, 0.1) is 4.92 Å². The summed E-state index contributed by atoms with van der Waals surface area (Å²) >= 11 is 1.15. The molecule has 0 radical (unpaired) electrons. The Labute approximate surface area is 198 Å². The summed E-state index contributed by atoms with van der Waals surface area (Å²) in [7, 11) is 0. The van der Waals surface area contributed by atoms with Crippen LogP contribution in [0.1, 0.15) is 60.9 Å². The lowest BCUT2D eigenvalue weighted by Gasteiger charge is -2.07.